The Balaban J connectivity index is 3.11. The average Bonchev–Trinajstić information content (AvgIpc) is 2.05. The standard InChI is InChI=1S/C7H4F3IO3S/c8-7(9,10)5-3-4(14-15(12)13)1-2-6(5)11/h1-3H,(H,12,13). The smallest absolute Gasteiger partial charge is 0.380 e. The van der Waals surface area contributed by atoms with Crippen LogP contribution in [0.25, 0.3) is 0 Å². The molecule has 1 N–H and O–H groups in total. The molecule has 84 valence electrons. The molecule has 1 aromatic carbocycles. The number of rotatable bonds is 2. The highest BCUT2D eigenvalue weighted by atomic mass is 127. The topological polar surface area (TPSA) is 46.5 Å². The Bertz CT molecular complexity index is 394. The minimum absolute atomic E-state index is 0.00354. The molecule has 0 spiro atoms. The molecule has 1 aromatic rings. The summed E-state index contributed by atoms with van der Waals surface area (Å²) in [5.74, 6) is -0.302. The van der Waals surface area contributed by atoms with Crippen molar-refractivity contribution < 1.29 is 26.1 Å². The van der Waals surface area contributed by atoms with Gasteiger partial charge in [0, 0.05) is 3.57 Å². The van der Waals surface area contributed by atoms with E-state index in [1.807, 2.05) is 0 Å². The molecule has 0 saturated heterocycles. The number of halogens is 4. The molecule has 0 amide bonds. The minimum atomic E-state index is -4.51. The second-order valence-electron chi connectivity index (χ2n) is 2.44. The molecule has 1 rings (SSSR count). The van der Waals surface area contributed by atoms with Gasteiger partial charge in [0.1, 0.15) is 5.75 Å². The molecule has 0 aliphatic heterocycles. The zero-order valence-corrected chi connectivity index (χ0v) is 9.89. The molecular weight excluding hydrogens is 348 g/mol. The normalized spacial score (nSPS) is 13.7. The van der Waals surface area contributed by atoms with Gasteiger partial charge in [-0.05, 0) is 40.8 Å². The lowest BCUT2D eigenvalue weighted by molar-refractivity contribution is -0.138. The second kappa shape index (κ2) is 4.66. The molecule has 0 fully saturated rings. The van der Waals surface area contributed by atoms with Crippen molar-refractivity contribution in [2.24, 2.45) is 0 Å². The van der Waals surface area contributed by atoms with Gasteiger partial charge in [-0.3, -0.25) is 4.55 Å². The maximum absolute atomic E-state index is 12.4. The van der Waals surface area contributed by atoms with Gasteiger partial charge >= 0.3 is 17.5 Å². The van der Waals surface area contributed by atoms with Crippen LogP contribution >= 0.6 is 22.6 Å². The summed E-state index contributed by atoms with van der Waals surface area (Å²) in [5.41, 5.74) is -0.897. The van der Waals surface area contributed by atoms with E-state index in [4.69, 9.17) is 4.55 Å². The lowest BCUT2D eigenvalue weighted by atomic mass is 10.2. The van der Waals surface area contributed by atoms with Crippen LogP contribution in [0.4, 0.5) is 13.2 Å². The summed E-state index contributed by atoms with van der Waals surface area (Å²) in [4.78, 5) is 0. The molecule has 0 bridgehead atoms. The predicted molar refractivity (Wildman–Crippen MR) is 55.6 cm³/mol. The first kappa shape index (κ1) is 12.7. The van der Waals surface area contributed by atoms with E-state index < -0.39 is 23.1 Å². The Morgan fingerprint density at radius 3 is 2.47 bits per heavy atom. The van der Waals surface area contributed by atoms with Crippen LogP contribution in [0.2, 0.25) is 0 Å². The van der Waals surface area contributed by atoms with Crippen LogP contribution in [0.5, 0.6) is 5.75 Å². The van der Waals surface area contributed by atoms with Gasteiger partial charge in [0.05, 0.1) is 5.56 Å². The van der Waals surface area contributed by atoms with E-state index >= 15 is 0 Å². The number of benzene rings is 1. The highest BCUT2D eigenvalue weighted by Crippen LogP contribution is 2.35. The third kappa shape index (κ3) is 3.61. The maximum Gasteiger partial charge on any atom is 0.417 e. The van der Waals surface area contributed by atoms with Gasteiger partial charge < -0.3 is 4.18 Å². The zero-order chi connectivity index (χ0) is 11.6. The Hall–Kier alpha value is -0.350. The molecule has 8 heteroatoms. The van der Waals surface area contributed by atoms with Gasteiger partial charge in [0.15, 0.2) is 0 Å². The Kier molecular flexibility index (Phi) is 3.95. The van der Waals surface area contributed by atoms with E-state index in [2.05, 4.69) is 4.18 Å². The zero-order valence-electron chi connectivity index (χ0n) is 6.92. The molecule has 15 heavy (non-hydrogen) atoms. The largest absolute Gasteiger partial charge is 0.417 e. The van der Waals surface area contributed by atoms with Crippen LogP contribution in [0, 0.1) is 3.57 Å². The van der Waals surface area contributed by atoms with Crippen molar-refractivity contribution in [1.29, 1.82) is 0 Å². The summed E-state index contributed by atoms with van der Waals surface area (Å²) in [7, 11) is 0. The van der Waals surface area contributed by atoms with Crippen molar-refractivity contribution in [3.05, 3.63) is 27.3 Å². The van der Waals surface area contributed by atoms with E-state index in [1.54, 1.807) is 0 Å². The molecule has 0 saturated carbocycles. The summed E-state index contributed by atoms with van der Waals surface area (Å²) >= 11 is -1.11. The molecule has 0 aromatic heterocycles. The van der Waals surface area contributed by atoms with Gasteiger partial charge in [-0.15, -0.1) is 0 Å². The Morgan fingerprint density at radius 1 is 1.40 bits per heavy atom. The van der Waals surface area contributed by atoms with Crippen molar-refractivity contribution >= 4 is 34.0 Å². The lowest BCUT2D eigenvalue weighted by Gasteiger charge is -2.10. The highest BCUT2D eigenvalue weighted by Gasteiger charge is 2.33. The van der Waals surface area contributed by atoms with E-state index in [9.17, 15) is 17.4 Å². The van der Waals surface area contributed by atoms with Crippen LogP contribution < -0.4 is 4.18 Å². The molecule has 0 aliphatic rings. The maximum atomic E-state index is 12.4. The molecule has 0 aliphatic carbocycles. The third-order valence-corrected chi connectivity index (χ3v) is 2.69. The predicted octanol–water partition coefficient (Wildman–Crippen LogP) is 2.83. The molecular formula is C7H4F3IO3S. The summed E-state index contributed by atoms with van der Waals surface area (Å²) in [6, 6.07) is 3.02. The quantitative estimate of drug-likeness (QED) is 0.658. The number of alkyl halides is 3. The van der Waals surface area contributed by atoms with E-state index in [-0.39, 0.29) is 9.32 Å². The third-order valence-electron chi connectivity index (χ3n) is 1.41. The van der Waals surface area contributed by atoms with Gasteiger partial charge in [0.2, 0.25) is 0 Å². The first-order chi connectivity index (χ1) is 6.80. The van der Waals surface area contributed by atoms with Crippen molar-refractivity contribution in [2.75, 3.05) is 0 Å². The van der Waals surface area contributed by atoms with E-state index in [0.717, 1.165) is 6.07 Å². The van der Waals surface area contributed by atoms with Gasteiger partial charge in [-0.1, -0.05) is 0 Å². The first-order valence-electron chi connectivity index (χ1n) is 3.46. The number of hydrogen-bond donors (Lipinski definition) is 1. The minimum Gasteiger partial charge on any atom is -0.380 e. The van der Waals surface area contributed by atoms with Crippen molar-refractivity contribution in [1.82, 2.24) is 0 Å². The fourth-order valence-electron chi connectivity index (χ4n) is 0.856. The molecule has 0 radical (unpaired) electrons. The van der Waals surface area contributed by atoms with Crippen molar-refractivity contribution in [3.8, 4) is 5.75 Å². The van der Waals surface area contributed by atoms with Gasteiger partial charge in [-0.2, -0.15) is 17.4 Å². The van der Waals surface area contributed by atoms with Crippen LogP contribution in [0.1, 0.15) is 5.56 Å². The summed E-state index contributed by atoms with van der Waals surface area (Å²) < 4.78 is 59.9. The SMILES string of the molecule is O=S(O)Oc1ccc(I)c(C(F)(F)F)c1. The monoisotopic (exact) mass is 352 g/mol. The van der Waals surface area contributed by atoms with Crippen LogP contribution in [0.3, 0.4) is 0 Å². The summed E-state index contributed by atoms with van der Waals surface area (Å²) in [5, 5.41) is 0. The van der Waals surface area contributed by atoms with Crippen LogP contribution in [0.15, 0.2) is 18.2 Å². The Labute approximate surface area is 99.3 Å². The summed E-state index contributed by atoms with van der Waals surface area (Å²) in [6.45, 7) is 0. The van der Waals surface area contributed by atoms with E-state index in [1.165, 1.54) is 28.7 Å². The molecule has 3 nitrogen and oxygen atoms in total. The Morgan fingerprint density at radius 2 is 2.00 bits per heavy atom. The van der Waals surface area contributed by atoms with Gasteiger partial charge in [0.25, 0.3) is 0 Å². The van der Waals surface area contributed by atoms with Crippen molar-refractivity contribution in [2.45, 2.75) is 6.18 Å². The van der Waals surface area contributed by atoms with Crippen molar-refractivity contribution in [3.63, 3.8) is 0 Å². The van der Waals surface area contributed by atoms with Crippen LogP contribution in [-0.4, -0.2) is 8.76 Å². The molecule has 0 heterocycles. The average molecular weight is 352 g/mol. The highest BCUT2D eigenvalue weighted by molar-refractivity contribution is 14.1. The lowest BCUT2D eigenvalue weighted by Crippen LogP contribution is -2.08. The van der Waals surface area contributed by atoms with Crippen LogP contribution in [-0.2, 0) is 17.5 Å². The van der Waals surface area contributed by atoms with E-state index in [0.29, 0.717) is 6.07 Å². The fraction of sp³-hybridized carbons (Fsp3) is 0.143. The molecule has 1 unspecified atom stereocenters. The fourth-order valence-corrected chi connectivity index (χ4v) is 1.77. The summed E-state index contributed by atoms with van der Waals surface area (Å²) in [6.07, 6.45) is -4.51. The number of hydrogen-bond acceptors (Lipinski definition) is 2. The molecule has 1 atom stereocenters. The second-order valence-corrected chi connectivity index (χ2v) is 4.20. The first-order valence-corrected chi connectivity index (χ1v) is 5.57. The van der Waals surface area contributed by atoms with Gasteiger partial charge in [-0.25, -0.2) is 0 Å².